The summed E-state index contributed by atoms with van der Waals surface area (Å²) >= 11 is 1.72. The molecule has 0 amide bonds. The minimum absolute atomic E-state index is 1.01. The second kappa shape index (κ2) is 6.51. The molecule has 0 aliphatic heterocycles. The van der Waals surface area contributed by atoms with E-state index in [1.807, 2.05) is 25.6 Å². The summed E-state index contributed by atoms with van der Waals surface area (Å²) in [5.41, 5.74) is 1.20. The largest absolute Gasteiger partial charge is 0.337 e. The smallest absolute Gasteiger partial charge is 0.0945 e. The second-order valence-corrected chi connectivity index (χ2v) is 5.07. The fourth-order valence-corrected chi connectivity index (χ4v) is 2.32. The first-order chi connectivity index (χ1) is 8.34. The molecule has 5 heteroatoms. The molecular weight excluding hydrogens is 232 g/mol. The molecule has 92 valence electrons. The third-order valence-electron chi connectivity index (χ3n) is 2.55. The van der Waals surface area contributed by atoms with Crippen molar-refractivity contribution in [2.75, 3.05) is 13.1 Å². The molecule has 1 N–H and O–H groups in total. The van der Waals surface area contributed by atoms with Gasteiger partial charge >= 0.3 is 0 Å². The maximum absolute atomic E-state index is 4.44. The number of nitrogens with zero attached hydrogens (tertiary/aromatic N) is 3. The fraction of sp³-hybridized carbons (Fsp3) is 0.500. The molecule has 0 unspecified atom stereocenters. The number of hydrogen-bond acceptors (Lipinski definition) is 4. The Morgan fingerprint density at radius 1 is 1.41 bits per heavy atom. The van der Waals surface area contributed by atoms with Crippen molar-refractivity contribution in [2.45, 2.75) is 26.3 Å². The topological polar surface area (TPSA) is 42.7 Å². The lowest BCUT2D eigenvalue weighted by molar-refractivity contribution is 0.580. The first-order valence-electron chi connectivity index (χ1n) is 5.92. The Hall–Kier alpha value is -1.20. The predicted octanol–water partition coefficient (Wildman–Crippen LogP) is 1.87. The van der Waals surface area contributed by atoms with Crippen LogP contribution in [-0.2, 0) is 13.0 Å². The summed E-state index contributed by atoms with van der Waals surface area (Å²) in [6, 6.07) is 0. The quantitative estimate of drug-likeness (QED) is 0.763. The van der Waals surface area contributed by atoms with Crippen LogP contribution in [0.2, 0.25) is 0 Å². The maximum Gasteiger partial charge on any atom is 0.0945 e. The zero-order valence-electron chi connectivity index (χ0n) is 10.1. The van der Waals surface area contributed by atoms with Crippen LogP contribution in [0, 0.1) is 6.92 Å². The van der Waals surface area contributed by atoms with Crippen molar-refractivity contribution < 1.29 is 0 Å². The van der Waals surface area contributed by atoms with Crippen LogP contribution >= 0.6 is 11.3 Å². The molecule has 2 rings (SSSR count). The van der Waals surface area contributed by atoms with Crippen LogP contribution in [0.1, 0.15) is 17.1 Å². The Balaban J connectivity index is 1.52. The fourth-order valence-electron chi connectivity index (χ4n) is 1.67. The SMILES string of the molecule is Cc1nc(CCNCCCn2ccnc2)cs1. The number of aryl methyl sites for hydroxylation is 2. The summed E-state index contributed by atoms with van der Waals surface area (Å²) in [7, 11) is 0. The highest BCUT2D eigenvalue weighted by atomic mass is 32.1. The van der Waals surface area contributed by atoms with E-state index in [1.54, 1.807) is 11.3 Å². The van der Waals surface area contributed by atoms with Gasteiger partial charge in [-0.2, -0.15) is 0 Å². The molecule has 0 aliphatic rings. The number of imidazole rings is 1. The van der Waals surface area contributed by atoms with Crippen molar-refractivity contribution >= 4 is 11.3 Å². The molecule has 0 bridgehead atoms. The van der Waals surface area contributed by atoms with Gasteiger partial charge in [0.1, 0.15) is 0 Å². The van der Waals surface area contributed by atoms with Gasteiger partial charge < -0.3 is 9.88 Å². The van der Waals surface area contributed by atoms with E-state index in [1.165, 1.54) is 5.69 Å². The van der Waals surface area contributed by atoms with E-state index in [0.717, 1.165) is 37.5 Å². The van der Waals surface area contributed by atoms with Crippen LogP contribution in [0.15, 0.2) is 24.1 Å². The summed E-state index contributed by atoms with van der Waals surface area (Å²) in [6.45, 7) is 5.13. The van der Waals surface area contributed by atoms with E-state index in [0.29, 0.717) is 0 Å². The van der Waals surface area contributed by atoms with E-state index in [-0.39, 0.29) is 0 Å². The highest BCUT2D eigenvalue weighted by Crippen LogP contribution is 2.07. The number of nitrogens with one attached hydrogen (secondary N) is 1. The monoisotopic (exact) mass is 250 g/mol. The van der Waals surface area contributed by atoms with Gasteiger partial charge in [-0.05, 0) is 19.9 Å². The standard InChI is InChI=1S/C12H18N4S/c1-11-15-12(9-17-11)3-5-13-4-2-7-16-8-6-14-10-16/h6,8-10,13H,2-5,7H2,1H3. The van der Waals surface area contributed by atoms with Gasteiger partial charge in [0, 0.05) is 37.3 Å². The lowest BCUT2D eigenvalue weighted by atomic mass is 10.3. The lowest BCUT2D eigenvalue weighted by Crippen LogP contribution is -2.19. The van der Waals surface area contributed by atoms with Crippen LogP contribution in [-0.4, -0.2) is 27.6 Å². The molecule has 0 atom stereocenters. The molecular formula is C12H18N4S. The first-order valence-corrected chi connectivity index (χ1v) is 6.80. The molecule has 0 spiro atoms. The Morgan fingerprint density at radius 3 is 3.06 bits per heavy atom. The number of rotatable bonds is 7. The van der Waals surface area contributed by atoms with Gasteiger partial charge in [-0.15, -0.1) is 11.3 Å². The summed E-state index contributed by atoms with van der Waals surface area (Å²) in [5, 5.41) is 6.73. The van der Waals surface area contributed by atoms with Gasteiger partial charge in [0.2, 0.25) is 0 Å². The van der Waals surface area contributed by atoms with Gasteiger partial charge in [0.15, 0.2) is 0 Å². The Labute approximate surface area is 106 Å². The number of hydrogen-bond donors (Lipinski definition) is 1. The summed E-state index contributed by atoms with van der Waals surface area (Å²) in [4.78, 5) is 8.45. The highest BCUT2D eigenvalue weighted by Gasteiger charge is 1.97. The molecule has 0 fully saturated rings. The van der Waals surface area contributed by atoms with Crippen molar-refractivity contribution in [3.8, 4) is 0 Å². The van der Waals surface area contributed by atoms with Crippen LogP contribution in [0.3, 0.4) is 0 Å². The number of aromatic nitrogens is 3. The maximum atomic E-state index is 4.44. The predicted molar refractivity (Wildman–Crippen MR) is 70.3 cm³/mol. The zero-order valence-corrected chi connectivity index (χ0v) is 10.9. The van der Waals surface area contributed by atoms with E-state index in [9.17, 15) is 0 Å². The molecule has 0 saturated carbocycles. The lowest BCUT2D eigenvalue weighted by Gasteiger charge is -2.04. The molecule has 0 aliphatic carbocycles. The van der Waals surface area contributed by atoms with Crippen molar-refractivity contribution in [2.24, 2.45) is 0 Å². The normalized spacial score (nSPS) is 10.9. The van der Waals surface area contributed by atoms with Gasteiger partial charge in [-0.1, -0.05) is 0 Å². The van der Waals surface area contributed by atoms with Crippen molar-refractivity contribution in [1.29, 1.82) is 0 Å². The second-order valence-electron chi connectivity index (χ2n) is 4.01. The minimum Gasteiger partial charge on any atom is -0.337 e. The van der Waals surface area contributed by atoms with Crippen LogP contribution in [0.4, 0.5) is 0 Å². The van der Waals surface area contributed by atoms with E-state index < -0.39 is 0 Å². The molecule has 0 saturated heterocycles. The molecule has 2 heterocycles. The van der Waals surface area contributed by atoms with Crippen LogP contribution in [0.5, 0.6) is 0 Å². The average Bonchev–Trinajstić information content (AvgIpc) is 2.95. The average molecular weight is 250 g/mol. The van der Waals surface area contributed by atoms with E-state index in [2.05, 4.69) is 25.2 Å². The minimum atomic E-state index is 1.01. The van der Waals surface area contributed by atoms with Gasteiger partial charge in [0.05, 0.1) is 17.0 Å². The highest BCUT2D eigenvalue weighted by molar-refractivity contribution is 7.09. The van der Waals surface area contributed by atoms with E-state index in [4.69, 9.17) is 0 Å². The molecule has 2 aromatic rings. The van der Waals surface area contributed by atoms with Crippen molar-refractivity contribution in [3.63, 3.8) is 0 Å². The van der Waals surface area contributed by atoms with Gasteiger partial charge in [0.25, 0.3) is 0 Å². The molecule has 0 radical (unpaired) electrons. The molecule has 17 heavy (non-hydrogen) atoms. The van der Waals surface area contributed by atoms with Crippen molar-refractivity contribution in [1.82, 2.24) is 19.9 Å². The Kier molecular flexibility index (Phi) is 4.70. The Bertz CT molecular complexity index is 421. The molecule has 0 aromatic carbocycles. The third-order valence-corrected chi connectivity index (χ3v) is 3.38. The first kappa shape index (κ1) is 12.3. The van der Waals surface area contributed by atoms with Crippen LogP contribution < -0.4 is 5.32 Å². The van der Waals surface area contributed by atoms with Gasteiger partial charge in [-0.3, -0.25) is 0 Å². The third kappa shape index (κ3) is 4.28. The van der Waals surface area contributed by atoms with Crippen molar-refractivity contribution in [3.05, 3.63) is 34.8 Å². The van der Waals surface area contributed by atoms with Gasteiger partial charge in [-0.25, -0.2) is 9.97 Å². The zero-order chi connectivity index (χ0) is 11.9. The van der Waals surface area contributed by atoms with E-state index >= 15 is 0 Å². The summed E-state index contributed by atoms with van der Waals surface area (Å²) in [6.07, 6.45) is 7.83. The summed E-state index contributed by atoms with van der Waals surface area (Å²) in [5.74, 6) is 0. The number of thiazole rings is 1. The van der Waals surface area contributed by atoms with Crippen LogP contribution in [0.25, 0.3) is 0 Å². The summed E-state index contributed by atoms with van der Waals surface area (Å²) < 4.78 is 2.10. The molecule has 2 aromatic heterocycles. The molecule has 4 nitrogen and oxygen atoms in total. The Morgan fingerprint density at radius 2 is 2.35 bits per heavy atom.